The van der Waals surface area contributed by atoms with Crippen molar-refractivity contribution in [3.63, 3.8) is 0 Å². The van der Waals surface area contributed by atoms with Crippen molar-refractivity contribution in [2.45, 2.75) is 12.8 Å². The molecule has 1 unspecified atom stereocenters. The summed E-state index contributed by atoms with van der Waals surface area (Å²) in [5, 5.41) is 14.3. The predicted octanol–water partition coefficient (Wildman–Crippen LogP) is 0.675. The summed E-state index contributed by atoms with van der Waals surface area (Å²) in [6.07, 6.45) is 2.36. The summed E-state index contributed by atoms with van der Waals surface area (Å²) >= 11 is 0. The molecule has 0 saturated carbocycles. The summed E-state index contributed by atoms with van der Waals surface area (Å²) in [6, 6.07) is 3.35. The number of ether oxygens (including phenoxy) is 1. The zero-order valence-electron chi connectivity index (χ0n) is 10.5. The van der Waals surface area contributed by atoms with Gasteiger partial charge in [-0.3, -0.25) is 0 Å². The number of carbonyl (C=O) groups is 1. The van der Waals surface area contributed by atoms with Gasteiger partial charge in [0.2, 0.25) is 0 Å². The topological polar surface area (TPSA) is 76.1 Å². The van der Waals surface area contributed by atoms with Gasteiger partial charge >= 0.3 is 5.97 Å². The molecule has 1 saturated heterocycles. The van der Waals surface area contributed by atoms with Gasteiger partial charge in [0.15, 0.2) is 5.69 Å². The van der Waals surface area contributed by atoms with Crippen molar-refractivity contribution in [2.24, 2.45) is 5.92 Å². The highest BCUT2D eigenvalue weighted by Gasteiger charge is 2.13. The number of rotatable bonds is 5. The lowest BCUT2D eigenvalue weighted by Crippen LogP contribution is -2.14. The number of hydrogen-bond acceptors (Lipinski definition) is 6. The van der Waals surface area contributed by atoms with Crippen LogP contribution in [0.25, 0.3) is 0 Å². The molecule has 98 valence electrons. The second kappa shape index (κ2) is 6.30. The van der Waals surface area contributed by atoms with E-state index in [1.54, 1.807) is 12.1 Å². The Hall–Kier alpha value is -1.69. The summed E-state index contributed by atoms with van der Waals surface area (Å²) in [4.78, 5) is 11.2. The lowest BCUT2D eigenvalue weighted by Gasteiger charge is -2.09. The van der Waals surface area contributed by atoms with E-state index >= 15 is 0 Å². The van der Waals surface area contributed by atoms with Crippen LogP contribution in [0, 0.1) is 5.92 Å². The van der Waals surface area contributed by atoms with Crippen molar-refractivity contribution in [3.05, 3.63) is 17.8 Å². The highest BCUT2D eigenvalue weighted by Crippen LogP contribution is 2.12. The lowest BCUT2D eigenvalue weighted by molar-refractivity contribution is 0.0593. The first-order chi connectivity index (χ1) is 8.79. The molecule has 1 aliphatic rings. The van der Waals surface area contributed by atoms with Crippen LogP contribution in [0.1, 0.15) is 23.3 Å². The van der Waals surface area contributed by atoms with E-state index < -0.39 is 5.97 Å². The second-order valence-electron chi connectivity index (χ2n) is 4.37. The average Bonchev–Trinajstić information content (AvgIpc) is 2.92. The Bertz CT molecular complexity index is 388. The molecule has 0 spiro atoms. The molecular formula is C12H18N4O2. The number of methoxy groups -OCH3 is 1. The van der Waals surface area contributed by atoms with Crippen molar-refractivity contribution < 1.29 is 9.53 Å². The lowest BCUT2D eigenvalue weighted by atomic mass is 10.1. The molecule has 2 heterocycles. The van der Waals surface area contributed by atoms with Crippen LogP contribution < -0.4 is 10.6 Å². The Labute approximate surface area is 106 Å². The first kappa shape index (κ1) is 12.8. The molecule has 1 aromatic rings. The molecule has 0 aromatic carbocycles. The van der Waals surface area contributed by atoms with Gasteiger partial charge in [-0.25, -0.2) is 4.79 Å². The third kappa shape index (κ3) is 3.40. The molecule has 1 atom stereocenters. The van der Waals surface area contributed by atoms with Crippen LogP contribution in [-0.4, -0.2) is 42.9 Å². The van der Waals surface area contributed by atoms with Gasteiger partial charge in [-0.05, 0) is 44.0 Å². The fourth-order valence-corrected chi connectivity index (χ4v) is 2.01. The molecule has 6 nitrogen and oxygen atoms in total. The first-order valence-corrected chi connectivity index (χ1v) is 6.16. The van der Waals surface area contributed by atoms with E-state index in [0.29, 0.717) is 5.82 Å². The normalized spacial score (nSPS) is 18.6. The minimum atomic E-state index is -0.467. The first-order valence-electron chi connectivity index (χ1n) is 6.16. The second-order valence-corrected chi connectivity index (χ2v) is 4.37. The van der Waals surface area contributed by atoms with Crippen molar-refractivity contribution in [1.29, 1.82) is 0 Å². The van der Waals surface area contributed by atoms with Crippen LogP contribution in [0.15, 0.2) is 12.1 Å². The molecule has 0 radical (unpaired) electrons. The SMILES string of the molecule is COC(=O)c1ccc(NCCC2CCNC2)nn1. The van der Waals surface area contributed by atoms with E-state index in [1.165, 1.54) is 13.5 Å². The predicted molar refractivity (Wildman–Crippen MR) is 67.5 cm³/mol. The summed E-state index contributed by atoms with van der Waals surface area (Å²) in [5.74, 6) is 0.972. The van der Waals surface area contributed by atoms with E-state index in [4.69, 9.17) is 0 Å². The van der Waals surface area contributed by atoms with Crippen LogP contribution in [0.3, 0.4) is 0 Å². The number of nitrogens with one attached hydrogen (secondary N) is 2. The fraction of sp³-hybridized carbons (Fsp3) is 0.583. The maximum atomic E-state index is 11.2. The number of aromatic nitrogens is 2. The molecule has 6 heteroatoms. The summed E-state index contributed by atoms with van der Waals surface area (Å²) in [7, 11) is 1.33. The number of carbonyl (C=O) groups excluding carboxylic acids is 1. The Kier molecular flexibility index (Phi) is 4.46. The summed E-state index contributed by atoms with van der Waals surface area (Å²) in [5.41, 5.74) is 0.225. The maximum Gasteiger partial charge on any atom is 0.358 e. The van der Waals surface area contributed by atoms with Crippen molar-refractivity contribution in [2.75, 3.05) is 32.1 Å². The van der Waals surface area contributed by atoms with Gasteiger partial charge in [-0.1, -0.05) is 0 Å². The molecular weight excluding hydrogens is 232 g/mol. The minimum absolute atomic E-state index is 0.225. The fourth-order valence-electron chi connectivity index (χ4n) is 2.01. The largest absolute Gasteiger partial charge is 0.464 e. The molecule has 0 amide bonds. The van der Waals surface area contributed by atoms with E-state index in [0.717, 1.165) is 32.0 Å². The molecule has 2 rings (SSSR count). The van der Waals surface area contributed by atoms with Gasteiger partial charge < -0.3 is 15.4 Å². The third-order valence-corrected chi connectivity index (χ3v) is 3.08. The Morgan fingerprint density at radius 2 is 2.44 bits per heavy atom. The van der Waals surface area contributed by atoms with Crippen LogP contribution in [0.5, 0.6) is 0 Å². The molecule has 1 aromatic heterocycles. The van der Waals surface area contributed by atoms with E-state index in [-0.39, 0.29) is 5.69 Å². The monoisotopic (exact) mass is 250 g/mol. The number of nitrogens with zero attached hydrogens (tertiary/aromatic N) is 2. The zero-order chi connectivity index (χ0) is 12.8. The Balaban J connectivity index is 1.77. The highest BCUT2D eigenvalue weighted by atomic mass is 16.5. The van der Waals surface area contributed by atoms with Crippen molar-refractivity contribution in [3.8, 4) is 0 Å². The Morgan fingerprint density at radius 1 is 1.56 bits per heavy atom. The Morgan fingerprint density at radius 3 is 3.06 bits per heavy atom. The number of hydrogen-bond donors (Lipinski definition) is 2. The van der Waals surface area contributed by atoms with Gasteiger partial charge in [0.05, 0.1) is 7.11 Å². The summed E-state index contributed by atoms with van der Waals surface area (Å²) in [6.45, 7) is 3.10. The quantitative estimate of drug-likeness (QED) is 0.748. The molecule has 18 heavy (non-hydrogen) atoms. The highest BCUT2D eigenvalue weighted by molar-refractivity contribution is 5.86. The van der Waals surface area contributed by atoms with E-state index in [1.807, 2.05) is 0 Å². The minimum Gasteiger partial charge on any atom is -0.464 e. The van der Waals surface area contributed by atoms with E-state index in [2.05, 4.69) is 25.6 Å². The third-order valence-electron chi connectivity index (χ3n) is 3.08. The molecule has 0 aliphatic carbocycles. The summed E-state index contributed by atoms with van der Waals surface area (Å²) < 4.78 is 4.56. The molecule has 0 bridgehead atoms. The van der Waals surface area contributed by atoms with Crippen LogP contribution in [0.4, 0.5) is 5.82 Å². The van der Waals surface area contributed by atoms with Gasteiger partial charge in [-0.2, -0.15) is 0 Å². The zero-order valence-corrected chi connectivity index (χ0v) is 10.5. The van der Waals surface area contributed by atoms with Gasteiger partial charge in [0, 0.05) is 6.54 Å². The molecule has 1 aliphatic heterocycles. The van der Waals surface area contributed by atoms with E-state index in [9.17, 15) is 4.79 Å². The number of anilines is 1. The number of esters is 1. The van der Waals surface area contributed by atoms with Crippen LogP contribution >= 0.6 is 0 Å². The van der Waals surface area contributed by atoms with Gasteiger partial charge in [-0.15, -0.1) is 10.2 Å². The van der Waals surface area contributed by atoms with Gasteiger partial charge in [0.25, 0.3) is 0 Å². The maximum absolute atomic E-state index is 11.2. The van der Waals surface area contributed by atoms with Crippen molar-refractivity contribution in [1.82, 2.24) is 15.5 Å². The molecule has 2 N–H and O–H groups in total. The van der Waals surface area contributed by atoms with Gasteiger partial charge in [0.1, 0.15) is 5.82 Å². The van der Waals surface area contributed by atoms with Crippen LogP contribution in [-0.2, 0) is 4.74 Å². The standard InChI is InChI=1S/C12H18N4O2/c1-18-12(17)10-2-3-11(16-15-10)14-7-5-9-4-6-13-8-9/h2-3,9,13H,4-8H2,1H3,(H,14,16). The smallest absolute Gasteiger partial charge is 0.358 e. The van der Waals surface area contributed by atoms with Crippen LogP contribution in [0.2, 0.25) is 0 Å². The van der Waals surface area contributed by atoms with Crippen molar-refractivity contribution >= 4 is 11.8 Å². The average molecular weight is 250 g/mol. The molecule has 1 fully saturated rings.